The molecule has 1 aromatic rings. The molecule has 6 nitrogen and oxygen atoms in total. The summed E-state index contributed by atoms with van der Waals surface area (Å²) in [7, 11) is 0. The van der Waals surface area contributed by atoms with Crippen LogP contribution < -0.4 is 15.4 Å². The molecular formula is C17H31N3O3S. The zero-order valence-electron chi connectivity index (χ0n) is 15.2. The fourth-order valence-electron chi connectivity index (χ4n) is 1.99. The number of amides is 1. The average Bonchev–Trinajstić information content (AvgIpc) is 2.99. The largest absolute Gasteiger partial charge is 0.467 e. The monoisotopic (exact) mass is 357 g/mol. The third-order valence-corrected chi connectivity index (χ3v) is 4.27. The number of aromatic nitrogens is 1. The van der Waals surface area contributed by atoms with E-state index in [1.54, 1.807) is 0 Å². The highest BCUT2D eigenvalue weighted by Gasteiger charge is 2.12. The van der Waals surface area contributed by atoms with Crippen LogP contribution in [0, 0.1) is 5.92 Å². The molecule has 0 saturated carbocycles. The number of ether oxygens (including phenoxy) is 1. The maximum Gasteiger partial charge on any atom is 0.273 e. The number of aliphatic hydroxyl groups is 1. The summed E-state index contributed by atoms with van der Waals surface area (Å²) < 4.78 is 5.44. The van der Waals surface area contributed by atoms with Crippen molar-refractivity contribution in [3.8, 4) is 5.19 Å². The van der Waals surface area contributed by atoms with Crippen LogP contribution >= 0.6 is 11.3 Å². The average molecular weight is 358 g/mol. The maximum absolute atomic E-state index is 12.0. The van der Waals surface area contributed by atoms with Crippen LogP contribution in [0.2, 0.25) is 0 Å². The van der Waals surface area contributed by atoms with E-state index >= 15 is 0 Å². The Hall–Kier alpha value is -1.18. The molecule has 0 aromatic carbocycles. The summed E-state index contributed by atoms with van der Waals surface area (Å²) in [5.41, 5.74) is 0. The lowest BCUT2D eigenvalue weighted by Crippen LogP contribution is -2.35. The molecule has 0 spiro atoms. The van der Waals surface area contributed by atoms with Gasteiger partial charge < -0.3 is 20.5 Å². The molecule has 0 aliphatic carbocycles. The van der Waals surface area contributed by atoms with E-state index in [1.807, 2.05) is 13.8 Å². The zero-order chi connectivity index (χ0) is 17.9. The van der Waals surface area contributed by atoms with Crippen LogP contribution in [0.3, 0.4) is 0 Å². The lowest BCUT2D eigenvalue weighted by atomic mass is 10.1. The predicted octanol–water partition coefficient (Wildman–Crippen LogP) is 2.44. The first-order chi connectivity index (χ1) is 11.4. The number of hydrogen-bond acceptors (Lipinski definition) is 6. The summed E-state index contributed by atoms with van der Waals surface area (Å²) >= 11 is 1.20. The van der Waals surface area contributed by atoms with Gasteiger partial charge in [0.25, 0.3) is 11.1 Å². The van der Waals surface area contributed by atoms with Crippen LogP contribution in [-0.4, -0.2) is 47.8 Å². The van der Waals surface area contributed by atoms with E-state index in [4.69, 9.17) is 4.74 Å². The molecule has 0 saturated heterocycles. The number of thiazole rings is 1. The molecule has 1 amide bonds. The molecule has 0 aliphatic rings. The third-order valence-electron chi connectivity index (χ3n) is 3.36. The standard InChI is InChI=1S/C17H31N3O3S/c1-12(2)7-5-6-8-18-16(22)15-10-20-17(24-15)23-11-14(21)9-19-13(3)4/h10,12-14,19,21H,5-9,11H2,1-4H3,(H,18,22). The second kappa shape index (κ2) is 11.4. The topological polar surface area (TPSA) is 83.5 Å². The molecule has 24 heavy (non-hydrogen) atoms. The van der Waals surface area contributed by atoms with Crippen molar-refractivity contribution in [3.63, 3.8) is 0 Å². The van der Waals surface area contributed by atoms with Crippen LogP contribution in [0.25, 0.3) is 0 Å². The summed E-state index contributed by atoms with van der Waals surface area (Å²) in [6.07, 6.45) is 4.21. The fraction of sp³-hybridized carbons (Fsp3) is 0.765. The number of hydrogen-bond donors (Lipinski definition) is 3. The van der Waals surface area contributed by atoms with Gasteiger partial charge in [-0.25, -0.2) is 4.98 Å². The van der Waals surface area contributed by atoms with E-state index in [0.29, 0.717) is 35.1 Å². The second-order valence-corrected chi connectivity index (χ2v) is 7.66. The van der Waals surface area contributed by atoms with Crippen LogP contribution in [0.4, 0.5) is 0 Å². The zero-order valence-corrected chi connectivity index (χ0v) is 16.0. The van der Waals surface area contributed by atoms with Gasteiger partial charge in [-0.2, -0.15) is 0 Å². The molecule has 7 heteroatoms. The highest BCUT2D eigenvalue weighted by atomic mass is 32.1. The van der Waals surface area contributed by atoms with Crippen molar-refractivity contribution in [2.75, 3.05) is 19.7 Å². The fourth-order valence-corrected chi connectivity index (χ4v) is 2.69. The summed E-state index contributed by atoms with van der Waals surface area (Å²) in [6, 6.07) is 0.315. The lowest BCUT2D eigenvalue weighted by molar-refractivity contribution is 0.0956. The number of carbonyl (C=O) groups excluding carboxylic acids is 1. The van der Waals surface area contributed by atoms with Gasteiger partial charge in [-0.15, -0.1) is 0 Å². The second-order valence-electron chi connectivity index (χ2n) is 6.66. The molecule has 1 heterocycles. The molecule has 138 valence electrons. The minimum Gasteiger partial charge on any atom is -0.467 e. The van der Waals surface area contributed by atoms with Crippen LogP contribution in [0.5, 0.6) is 5.19 Å². The Bertz CT molecular complexity index is 477. The first-order valence-corrected chi connectivity index (χ1v) is 9.48. The normalized spacial score (nSPS) is 12.6. The van der Waals surface area contributed by atoms with E-state index in [9.17, 15) is 9.90 Å². The molecule has 1 aromatic heterocycles. The smallest absolute Gasteiger partial charge is 0.273 e. The maximum atomic E-state index is 12.0. The molecule has 0 radical (unpaired) electrons. The minimum absolute atomic E-state index is 0.117. The van der Waals surface area contributed by atoms with E-state index in [0.717, 1.165) is 12.8 Å². The number of unbranched alkanes of at least 4 members (excludes halogenated alkanes) is 1. The molecular weight excluding hydrogens is 326 g/mol. The number of carbonyl (C=O) groups is 1. The Morgan fingerprint density at radius 2 is 2.08 bits per heavy atom. The number of rotatable bonds is 12. The van der Waals surface area contributed by atoms with Crippen LogP contribution in [-0.2, 0) is 0 Å². The molecule has 0 bridgehead atoms. The summed E-state index contributed by atoms with van der Waals surface area (Å²) in [5.74, 6) is 0.585. The van der Waals surface area contributed by atoms with Gasteiger partial charge >= 0.3 is 0 Å². The molecule has 1 unspecified atom stereocenters. The number of aliphatic hydroxyl groups excluding tert-OH is 1. The van der Waals surface area contributed by atoms with Gasteiger partial charge in [0.15, 0.2) is 0 Å². The van der Waals surface area contributed by atoms with Crippen LogP contribution in [0.1, 0.15) is 56.6 Å². The van der Waals surface area contributed by atoms with Gasteiger partial charge in [-0.05, 0) is 12.3 Å². The summed E-state index contributed by atoms with van der Waals surface area (Å²) in [4.78, 5) is 16.6. The SMILES string of the molecule is CC(C)CCCCNC(=O)c1cnc(OCC(O)CNC(C)C)s1. The minimum atomic E-state index is -0.602. The van der Waals surface area contributed by atoms with E-state index in [2.05, 4.69) is 29.5 Å². The predicted molar refractivity (Wildman–Crippen MR) is 97.8 cm³/mol. The van der Waals surface area contributed by atoms with Crippen molar-refractivity contribution in [3.05, 3.63) is 11.1 Å². The number of nitrogens with zero attached hydrogens (tertiary/aromatic N) is 1. The molecule has 0 aliphatic heterocycles. The Balaban J connectivity index is 2.25. The number of nitrogens with one attached hydrogen (secondary N) is 2. The Morgan fingerprint density at radius 3 is 2.75 bits per heavy atom. The Morgan fingerprint density at radius 1 is 1.33 bits per heavy atom. The summed E-state index contributed by atoms with van der Waals surface area (Å²) in [5, 5.41) is 16.2. The van der Waals surface area contributed by atoms with E-state index in [1.165, 1.54) is 24.0 Å². The quantitative estimate of drug-likeness (QED) is 0.501. The van der Waals surface area contributed by atoms with Gasteiger partial charge in [0.2, 0.25) is 0 Å². The van der Waals surface area contributed by atoms with Crippen LogP contribution in [0.15, 0.2) is 6.20 Å². The van der Waals surface area contributed by atoms with E-state index in [-0.39, 0.29) is 12.5 Å². The summed E-state index contributed by atoms with van der Waals surface area (Å²) in [6.45, 7) is 9.74. The first kappa shape index (κ1) is 20.9. The van der Waals surface area contributed by atoms with Crippen molar-refractivity contribution in [2.45, 2.75) is 59.1 Å². The van der Waals surface area contributed by atoms with Gasteiger partial charge in [-0.1, -0.05) is 51.9 Å². The van der Waals surface area contributed by atoms with Gasteiger partial charge in [0.05, 0.1) is 6.20 Å². The Labute approximate surface area is 149 Å². The molecule has 1 atom stereocenters. The van der Waals surface area contributed by atoms with Crippen molar-refractivity contribution >= 4 is 17.2 Å². The molecule has 1 rings (SSSR count). The van der Waals surface area contributed by atoms with Gasteiger partial charge in [-0.3, -0.25) is 4.79 Å². The third kappa shape index (κ3) is 9.20. The van der Waals surface area contributed by atoms with Gasteiger partial charge in [0, 0.05) is 19.1 Å². The Kier molecular flexibility index (Phi) is 9.90. The van der Waals surface area contributed by atoms with Crippen molar-refractivity contribution in [1.29, 1.82) is 0 Å². The van der Waals surface area contributed by atoms with Crippen molar-refractivity contribution < 1.29 is 14.6 Å². The highest BCUT2D eigenvalue weighted by Crippen LogP contribution is 2.20. The van der Waals surface area contributed by atoms with Gasteiger partial charge in [0.1, 0.15) is 17.6 Å². The molecule has 3 N–H and O–H groups in total. The molecule has 0 fully saturated rings. The first-order valence-electron chi connectivity index (χ1n) is 8.66. The van der Waals surface area contributed by atoms with Crippen molar-refractivity contribution in [2.24, 2.45) is 5.92 Å². The van der Waals surface area contributed by atoms with E-state index < -0.39 is 6.10 Å². The van der Waals surface area contributed by atoms with Crippen molar-refractivity contribution in [1.82, 2.24) is 15.6 Å². The lowest BCUT2D eigenvalue weighted by Gasteiger charge is -2.13. The highest BCUT2D eigenvalue weighted by molar-refractivity contribution is 7.15.